The van der Waals surface area contributed by atoms with Crippen LogP contribution in [0.3, 0.4) is 0 Å². The van der Waals surface area contributed by atoms with Crippen LogP contribution in [0.2, 0.25) is 0 Å². The number of hydrogen-bond donors (Lipinski definition) is 0. The fraction of sp³-hybridized carbons (Fsp3) is 0.909. The summed E-state index contributed by atoms with van der Waals surface area (Å²) >= 11 is 0. The number of fused-ring (bicyclic) bond motifs is 3. The van der Waals surface area contributed by atoms with Gasteiger partial charge in [-0.05, 0) is 56.3 Å². The molecule has 2 bridgehead atoms. The lowest BCUT2D eigenvalue weighted by Crippen LogP contribution is -2.34. The Morgan fingerprint density at radius 2 is 1.73 bits per heavy atom. The normalized spacial score (nSPS) is 42.8. The predicted octanol–water partition coefficient (Wildman–Crippen LogP) is 3.57. The van der Waals surface area contributed by atoms with Gasteiger partial charge in [0.05, 0.1) is 0 Å². The largest absolute Gasteiger partial charge is 0.0651 e. The van der Waals surface area contributed by atoms with Crippen LogP contribution in [0.4, 0.5) is 0 Å². The predicted molar refractivity (Wildman–Crippen MR) is 48.2 cm³/mol. The molecule has 0 aromatic carbocycles. The summed E-state index contributed by atoms with van der Waals surface area (Å²) in [5.74, 6) is 1.11. The zero-order valence-electron chi connectivity index (χ0n) is 7.60. The van der Waals surface area contributed by atoms with Gasteiger partial charge in [0, 0.05) is 0 Å². The standard InChI is InChI=1S/C11H19/c1-2-6-11-7-3-10(4-8-11)5-9-11/h6,10H,2-5,7-9H2,1H3. The highest BCUT2D eigenvalue weighted by atomic mass is 14.4. The van der Waals surface area contributed by atoms with E-state index in [2.05, 4.69) is 13.3 Å². The van der Waals surface area contributed by atoms with E-state index in [0.29, 0.717) is 5.41 Å². The average Bonchev–Trinajstić information content (AvgIpc) is 2.07. The van der Waals surface area contributed by atoms with Crippen LogP contribution in [0.25, 0.3) is 0 Å². The molecule has 3 rings (SSSR count). The molecule has 3 fully saturated rings. The Morgan fingerprint density at radius 3 is 2.18 bits per heavy atom. The molecular formula is C11H19. The molecule has 1 radical (unpaired) electrons. The Balaban J connectivity index is 2.00. The molecule has 0 atom stereocenters. The van der Waals surface area contributed by atoms with Gasteiger partial charge in [0.2, 0.25) is 0 Å². The molecule has 0 aromatic heterocycles. The van der Waals surface area contributed by atoms with Crippen molar-refractivity contribution in [1.29, 1.82) is 0 Å². The van der Waals surface area contributed by atoms with E-state index in [1.54, 1.807) is 0 Å². The van der Waals surface area contributed by atoms with Crippen molar-refractivity contribution < 1.29 is 0 Å². The second-order valence-corrected chi connectivity index (χ2v) is 4.46. The maximum atomic E-state index is 2.60. The van der Waals surface area contributed by atoms with Crippen LogP contribution in [0.15, 0.2) is 0 Å². The highest BCUT2D eigenvalue weighted by Crippen LogP contribution is 2.52. The molecule has 0 aromatic rings. The quantitative estimate of drug-likeness (QED) is 0.566. The first-order chi connectivity index (χ1) is 5.35. The van der Waals surface area contributed by atoms with Crippen molar-refractivity contribution in [3.8, 4) is 0 Å². The summed E-state index contributed by atoms with van der Waals surface area (Å²) in [7, 11) is 0. The van der Waals surface area contributed by atoms with Crippen LogP contribution < -0.4 is 0 Å². The molecule has 0 unspecified atom stereocenters. The van der Waals surface area contributed by atoms with Gasteiger partial charge in [0.15, 0.2) is 0 Å². The maximum Gasteiger partial charge on any atom is -0.0266 e. The van der Waals surface area contributed by atoms with E-state index in [1.807, 2.05) is 0 Å². The zero-order chi connectivity index (χ0) is 7.73. The summed E-state index contributed by atoms with van der Waals surface area (Å²) in [5, 5.41) is 0. The van der Waals surface area contributed by atoms with Crippen LogP contribution in [-0.4, -0.2) is 0 Å². The highest BCUT2D eigenvalue weighted by molar-refractivity contribution is 4.99. The molecule has 11 heavy (non-hydrogen) atoms. The average molecular weight is 151 g/mol. The van der Waals surface area contributed by atoms with E-state index in [1.165, 1.54) is 44.9 Å². The van der Waals surface area contributed by atoms with Crippen molar-refractivity contribution >= 4 is 0 Å². The van der Waals surface area contributed by atoms with E-state index in [-0.39, 0.29) is 0 Å². The van der Waals surface area contributed by atoms with Crippen molar-refractivity contribution in [3.05, 3.63) is 6.42 Å². The van der Waals surface area contributed by atoms with E-state index < -0.39 is 0 Å². The van der Waals surface area contributed by atoms with Gasteiger partial charge in [0.25, 0.3) is 0 Å². The van der Waals surface area contributed by atoms with Crippen LogP contribution in [-0.2, 0) is 0 Å². The molecule has 0 aliphatic heterocycles. The minimum absolute atomic E-state index is 0.712. The summed E-state index contributed by atoms with van der Waals surface area (Å²) in [6, 6.07) is 0. The number of rotatable bonds is 2. The van der Waals surface area contributed by atoms with Crippen LogP contribution in [0.5, 0.6) is 0 Å². The van der Waals surface area contributed by atoms with Gasteiger partial charge in [0.1, 0.15) is 0 Å². The van der Waals surface area contributed by atoms with Gasteiger partial charge < -0.3 is 0 Å². The SMILES string of the molecule is CC[CH]C12CCC(CC1)CC2. The lowest BCUT2D eigenvalue weighted by atomic mass is 9.59. The van der Waals surface area contributed by atoms with Gasteiger partial charge in [-0.25, -0.2) is 0 Å². The Kier molecular flexibility index (Phi) is 1.95. The Labute approximate surface area is 70.4 Å². The third-order valence-corrected chi connectivity index (χ3v) is 3.79. The fourth-order valence-corrected chi connectivity index (χ4v) is 3.02. The topological polar surface area (TPSA) is 0 Å². The van der Waals surface area contributed by atoms with Crippen molar-refractivity contribution in [3.63, 3.8) is 0 Å². The lowest BCUT2D eigenvalue weighted by Gasteiger charge is -2.46. The molecule has 0 N–H and O–H groups in total. The smallest absolute Gasteiger partial charge is 0.0266 e. The summed E-state index contributed by atoms with van der Waals surface area (Å²) in [6.45, 7) is 2.29. The molecule has 63 valence electrons. The molecular weight excluding hydrogens is 132 g/mol. The molecule has 0 nitrogen and oxygen atoms in total. The second-order valence-electron chi connectivity index (χ2n) is 4.46. The molecule has 0 heteroatoms. The van der Waals surface area contributed by atoms with Crippen molar-refractivity contribution in [2.45, 2.75) is 51.9 Å². The van der Waals surface area contributed by atoms with Gasteiger partial charge in [-0.1, -0.05) is 13.3 Å². The summed E-state index contributed by atoms with van der Waals surface area (Å²) in [4.78, 5) is 0. The molecule has 0 saturated heterocycles. The molecule has 3 aliphatic carbocycles. The first-order valence-electron chi connectivity index (χ1n) is 5.19. The maximum absolute atomic E-state index is 2.60. The molecule has 0 spiro atoms. The zero-order valence-corrected chi connectivity index (χ0v) is 7.60. The van der Waals surface area contributed by atoms with E-state index in [0.717, 1.165) is 5.92 Å². The third kappa shape index (κ3) is 1.32. The monoisotopic (exact) mass is 151 g/mol. The van der Waals surface area contributed by atoms with Crippen molar-refractivity contribution in [2.24, 2.45) is 11.3 Å². The second kappa shape index (κ2) is 2.80. The first-order valence-corrected chi connectivity index (χ1v) is 5.19. The molecule has 3 aliphatic rings. The highest BCUT2D eigenvalue weighted by Gasteiger charge is 2.39. The van der Waals surface area contributed by atoms with E-state index >= 15 is 0 Å². The van der Waals surface area contributed by atoms with Crippen molar-refractivity contribution in [2.75, 3.05) is 0 Å². The Morgan fingerprint density at radius 1 is 1.18 bits per heavy atom. The van der Waals surface area contributed by atoms with Gasteiger partial charge in [-0.15, -0.1) is 0 Å². The minimum atomic E-state index is 0.712. The minimum Gasteiger partial charge on any atom is -0.0651 e. The molecule has 0 amide bonds. The van der Waals surface area contributed by atoms with Gasteiger partial charge in [-0.2, -0.15) is 0 Å². The molecule has 0 heterocycles. The summed E-state index contributed by atoms with van der Waals surface area (Å²) in [5.41, 5.74) is 0.712. The van der Waals surface area contributed by atoms with Crippen LogP contribution >= 0.6 is 0 Å². The van der Waals surface area contributed by atoms with Crippen LogP contribution in [0, 0.1) is 17.8 Å². The van der Waals surface area contributed by atoms with E-state index in [4.69, 9.17) is 0 Å². The third-order valence-electron chi connectivity index (χ3n) is 3.79. The van der Waals surface area contributed by atoms with Gasteiger partial charge >= 0.3 is 0 Å². The number of hydrogen-bond acceptors (Lipinski definition) is 0. The summed E-state index contributed by atoms with van der Waals surface area (Å²) < 4.78 is 0. The molecule has 3 saturated carbocycles. The first kappa shape index (κ1) is 7.64. The van der Waals surface area contributed by atoms with E-state index in [9.17, 15) is 0 Å². The Hall–Kier alpha value is 0. The summed E-state index contributed by atoms with van der Waals surface area (Å²) in [6.07, 6.45) is 13.0. The lowest BCUT2D eigenvalue weighted by molar-refractivity contribution is 0.0927. The van der Waals surface area contributed by atoms with Gasteiger partial charge in [-0.3, -0.25) is 0 Å². The van der Waals surface area contributed by atoms with Crippen molar-refractivity contribution in [1.82, 2.24) is 0 Å². The Bertz CT molecular complexity index is 109. The fourth-order valence-electron chi connectivity index (χ4n) is 3.02. The van der Waals surface area contributed by atoms with Crippen LogP contribution in [0.1, 0.15) is 51.9 Å².